The Morgan fingerprint density at radius 2 is 0.569 bits per heavy atom. The highest BCUT2D eigenvalue weighted by molar-refractivity contribution is 5.71. The number of hydrogen-bond acceptors (Lipinski definition) is 6. The van der Waals surface area contributed by atoms with E-state index >= 15 is 0 Å². The Morgan fingerprint density at radius 3 is 0.923 bits per heavy atom. The number of hydrogen-bond donors (Lipinski definition) is 0. The molecule has 0 spiro atoms. The van der Waals surface area contributed by atoms with Crippen molar-refractivity contribution in [2.75, 3.05) is 13.2 Å². The second-order valence-electron chi connectivity index (χ2n) is 18.1. The number of esters is 3. The first-order chi connectivity index (χ1) is 32.0. The Bertz CT molecular complexity index is 1230. The summed E-state index contributed by atoms with van der Waals surface area (Å²) in [5, 5.41) is 0. The third kappa shape index (κ3) is 51.7. The van der Waals surface area contributed by atoms with Crippen LogP contribution in [-0.2, 0) is 28.6 Å². The summed E-state index contributed by atoms with van der Waals surface area (Å²) in [7, 11) is 0. The first-order valence-electron chi connectivity index (χ1n) is 27.4. The van der Waals surface area contributed by atoms with E-state index in [1.165, 1.54) is 154 Å². The monoisotopic (exact) mass is 907 g/mol. The second kappa shape index (κ2) is 53.5. The summed E-state index contributed by atoms with van der Waals surface area (Å²) in [4.78, 5) is 38.0. The third-order valence-electron chi connectivity index (χ3n) is 11.7. The Labute approximate surface area is 402 Å². The minimum Gasteiger partial charge on any atom is -0.462 e. The number of ether oxygens (including phenoxy) is 3. The van der Waals surface area contributed by atoms with Crippen LogP contribution in [0.15, 0.2) is 72.9 Å². The molecule has 0 aliphatic heterocycles. The van der Waals surface area contributed by atoms with Gasteiger partial charge in [0.1, 0.15) is 13.2 Å². The van der Waals surface area contributed by atoms with Crippen LogP contribution in [0.3, 0.4) is 0 Å². The van der Waals surface area contributed by atoms with Crippen molar-refractivity contribution in [3.05, 3.63) is 72.9 Å². The molecule has 0 N–H and O–H groups in total. The summed E-state index contributed by atoms with van der Waals surface area (Å²) in [6.07, 6.45) is 67.6. The van der Waals surface area contributed by atoms with E-state index in [-0.39, 0.29) is 44.0 Å². The first-order valence-corrected chi connectivity index (χ1v) is 27.4. The normalized spacial score (nSPS) is 12.6. The molecule has 0 aromatic carbocycles. The van der Waals surface area contributed by atoms with Gasteiger partial charge in [0.15, 0.2) is 6.10 Å². The fourth-order valence-corrected chi connectivity index (χ4v) is 7.53. The largest absolute Gasteiger partial charge is 0.462 e. The van der Waals surface area contributed by atoms with E-state index in [2.05, 4.69) is 93.7 Å². The van der Waals surface area contributed by atoms with Crippen molar-refractivity contribution in [2.45, 2.75) is 271 Å². The maximum Gasteiger partial charge on any atom is 0.306 e. The summed E-state index contributed by atoms with van der Waals surface area (Å²) in [6.45, 7) is 6.55. The lowest BCUT2D eigenvalue weighted by atomic mass is 10.0. The molecule has 0 heterocycles. The van der Waals surface area contributed by atoms with Crippen LogP contribution < -0.4 is 0 Å². The fraction of sp³-hybridized carbons (Fsp3) is 0.746. The second-order valence-corrected chi connectivity index (χ2v) is 18.1. The molecule has 6 nitrogen and oxygen atoms in total. The van der Waals surface area contributed by atoms with Crippen LogP contribution in [0, 0.1) is 0 Å². The Hall–Kier alpha value is -3.15. The van der Waals surface area contributed by atoms with E-state index in [9.17, 15) is 14.4 Å². The van der Waals surface area contributed by atoms with Gasteiger partial charge in [0.25, 0.3) is 0 Å². The third-order valence-corrected chi connectivity index (χ3v) is 11.7. The van der Waals surface area contributed by atoms with Crippen molar-refractivity contribution in [1.82, 2.24) is 0 Å². The van der Waals surface area contributed by atoms with Crippen LogP contribution in [0.5, 0.6) is 0 Å². The molecule has 1 atom stereocenters. The van der Waals surface area contributed by atoms with Gasteiger partial charge in [-0.2, -0.15) is 0 Å². The van der Waals surface area contributed by atoms with Crippen LogP contribution in [-0.4, -0.2) is 37.2 Å². The minimum atomic E-state index is -0.820. The van der Waals surface area contributed by atoms with E-state index in [0.29, 0.717) is 19.3 Å². The average Bonchev–Trinajstić information content (AvgIpc) is 3.30. The number of allylic oxidation sites excluding steroid dienone is 12. The molecule has 0 aliphatic rings. The molecule has 65 heavy (non-hydrogen) atoms. The van der Waals surface area contributed by atoms with Crippen LogP contribution in [0.1, 0.15) is 265 Å². The predicted octanol–water partition coefficient (Wildman–Crippen LogP) is 18.2. The molecule has 0 amide bonds. The first kappa shape index (κ1) is 61.9. The number of carbonyl (C=O) groups excluding carboxylic acids is 3. The molecule has 0 rings (SSSR count). The summed E-state index contributed by atoms with van der Waals surface area (Å²) in [5.41, 5.74) is 0. The number of carbonyl (C=O) groups is 3. The SMILES string of the molecule is CCCCCCCC/C=C\C/C=C\C/C=C\CCCC(=O)OCC(COC(=O)CCCCCCCCCCCCCCC)OC(=O)CCC/C=C\C/C=C\C/C=C\CCCCCCCC. The molecule has 0 bridgehead atoms. The highest BCUT2D eigenvalue weighted by atomic mass is 16.6. The molecule has 0 fully saturated rings. The van der Waals surface area contributed by atoms with Gasteiger partial charge in [0.2, 0.25) is 0 Å². The van der Waals surface area contributed by atoms with E-state index in [1.807, 2.05) is 0 Å². The van der Waals surface area contributed by atoms with Gasteiger partial charge >= 0.3 is 17.9 Å². The summed E-state index contributed by atoms with van der Waals surface area (Å²) in [6, 6.07) is 0. The van der Waals surface area contributed by atoms with Crippen molar-refractivity contribution < 1.29 is 28.6 Å². The van der Waals surface area contributed by atoms with E-state index in [0.717, 1.165) is 57.8 Å². The zero-order valence-electron chi connectivity index (χ0n) is 42.7. The van der Waals surface area contributed by atoms with Crippen molar-refractivity contribution >= 4 is 17.9 Å². The lowest BCUT2D eigenvalue weighted by Crippen LogP contribution is -2.30. The summed E-state index contributed by atoms with van der Waals surface area (Å²) < 4.78 is 16.7. The molecule has 374 valence electrons. The molecule has 0 radical (unpaired) electrons. The van der Waals surface area contributed by atoms with Gasteiger partial charge in [-0.25, -0.2) is 0 Å². The molecule has 0 saturated carbocycles. The van der Waals surface area contributed by atoms with Gasteiger partial charge < -0.3 is 14.2 Å². The average molecular weight is 907 g/mol. The van der Waals surface area contributed by atoms with Gasteiger partial charge in [0.05, 0.1) is 0 Å². The van der Waals surface area contributed by atoms with E-state index in [4.69, 9.17) is 14.2 Å². The van der Waals surface area contributed by atoms with Crippen LogP contribution in [0.25, 0.3) is 0 Å². The smallest absolute Gasteiger partial charge is 0.306 e. The highest BCUT2D eigenvalue weighted by Gasteiger charge is 2.19. The fourth-order valence-electron chi connectivity index (χ4n) is 7.53. The Morgan fingerprint density at radius 1 is 0.308 bits per heavy atom. The van der Waals surface area contributed by atoms with Crippen molar-refractivity contribution in [1.29, 1.82) is 0 Å². The number of unbranched alkanes of at least 4 members (excludes halogenated alkanes) is 26. The molecule has 1 unspecified atom stereocenters. The lowest BCUT2D eigenvalue weighted by Gasteiger charge is -2.18. The zero-order chi connectivity index (χ0) is 47.2. The molecule has 0 saturated heterocycles. The molecule has 0 aromatic rings. The topological polar surface area (TPSA) is 78.9 Å². The van der Waals surface area contributed by atoms with Crippen molar-refractivity contribution in [3.63, 3.8) is 0 Å². The Balaban J connectivity index is 4.52. The molecular weight excluding hydrogens is 805 g/mol. The quantitative estimate of drug-likeness (QED) is 0.0262. The molecule has 0 aromatic heterocycles. The van der Waals surface area contributed by atoms with Gasteiger partial charge in [-0.15, -0.1) is 0 Å². The summed E-state index contributed by atoms with van der Waals surface area (Å²) in [5.74, 6) is -1.01. The molecular formula is C59H102O6. The molecule has 0 aliphatic carbocycles. The van der Waals surface area contributed by atoms with Crippen molar-refractivity contribution in [3.8, 4) is 0 Å². The van der Waals surface area contributed by atoms with Gasteiger partial charge in [0, 0.05) is 19.3 Å². The van der Waals surface area contributed by atoms with Crippen LogP contribution in [0.2, 0.25) is 0 Å². The van der Waals surface area contributed by atoms with Gasteiger partial charge in [-0.3, -0.25) is 14.4 Å². The van der Waals surface area contributed by atoms with Gasteiger partial charge in [-0.05, 0) is 83.5 Å². The highest BCUT2D eigenvalue weighted by Crippen LogP contribution is 2.14. The van der Waals surface area contributed by atoms with Gasteiger partial charge in [-0.1, -0.05) is 235 Å². The van der Waals surface area contributed by atoms with E-state index < -0.39 is 6.10 Å². The van der Waals surface area contributed by atoms with E-state index in [1.54, 1.807) is 0 Å². The summed E-state index contributed by atoms with van der Waals surface area (Å²) >= 11 is 0. The van der Waals surface area contributed by atoms with Crippen LogP contribution >= 0.6 is 0 Å². The standard InChI is InChI=1S/C59H102O6/c1-4-7-10-13-16-19-22-25-27-29-31-34-37-40-43-46-49-52-58(61)64-55-56(54-63-57(60)51-48-45-42-39-36-33-24-21-18-15-12-9-6-3)65-59(62)53-50-47-44-41-38-35-32-30-28-26-23-20-17-14-11-8-5-2/h25-28,31-32,34-35,40-41,43-44,56H,4-24,29-30,33,36-39,42,45-55H2,1-3H3/b27-25-,28-26-,34-31-,35-32-,43-40-,44-41-. The zero-order valence-corrected chi connectivity index (χ0v) is 42.7. The maximum absolute atomic E-state index is 12.8. The molecule has 6 heteroatoms. The lowest BCUT2D eigenvalue weighted by molar-refractivity contribution is -0.167. The number of rotatable bonds is 49. The minimum absolute atomic E-state index is 0.109. The maximum atomic E-state index is 12.8. The van der Waals surface area contributed by atoms with Crippen LogP contribution in [0.4, 0.5) is 0 Å². The van der Waals surface area contributed by atoms with Crippen molar-refractivity contribution in [2.24, 2.45) is 0 Å². The Kier molecular flexibility index (Phi) is 50.9. The predicted molar refractivity (Wildman–Crippen MR) is 279 cm³/mol.